The SMILES string of the molecule is CCC(CSC)NC(=O)c1ncn[nH]1. The van der Waals surface area contributed by atoms with Crippen LogP contribution in [0.4, 0.5) is 0 Å². The lowest BCUT2D eigenvalue weighted by molar-refractivity contribution is 0.0930. The molecule has 1 amide bonds. The summed E-state index contributed by atoms with van der Waals surface area (Å²) in [5, 5.41) is 9.03. The molecule has 0 radical (unpaired) electrons. The summed E-state index contributed by atoms with van der Waals surface area (Å²) in [6.07, 6.45) is 4.26. The zero-order chi connectivity index (χ0) is 10.4. The number of hydrogen-bond acceptors (Lipinski definition) is 4. The predicted molar refractivity (Wildman–Crippen MR) is 56.3 cm³/mol. The third-order valence-corrected chi connectivity index (χ3v) is 2.56. The molecular weight excluding hydrogens is 200 g/mol. The van der Waals surface area contributed by atoms with Gasteiger partial charge in [0.2, 0.25) is 5.82 Å². The summed E-state index contributed by atoms with van der Waals surface area (Å²) in [4.78, 5) is 15.3. The summed E-state index contributed by atoms with van der Waals surface area (Å²) in [7, 11) is 0. The molecule has 6 heteroatoms. The van der Waals surface area contributed by atoms with Gasteiger partial charge in [-0.3, -0.25) is 9.89 Å². The Balaban J connectivity index is 2.47. The van der Waals surface area contributed by atoms with Crippen molar-refractivity contribution < 1.29 is 4.79 Å². The molecule has 14 heavy (non-hydrogen) atoms. The Bertz CT molecular complexity index is 275. The first-order chi connectivity index (χ1) is 6.77. The Morgan fingerprint density at radius 3 is 3.07 bits per heavy atom. The van der Waals surface area contributed by atoms with Crippen LogP contribution in [0.2, 0.25) is 0 Å². The van der Waals surface area contributed by atoms with Crippen LogP contribution in [0.3, 0.4) is 0 Å². The molecule has 1 rings (SSSR count). The Morgan fingerprint density at radius 2 is 2.57 bits per heavy atom. The van der Waals surface area contributed by atoms with Gasteiger partial charge in [-0.2, -0.15) is 16.9 Å². The number of aromatic amines is 1. The maximum Gasteiger partial charge on any atom is 0.288 e. The molecule has 0 aliphatic rings. The van der Waals surface area contributed by atoms with Crippen molar-refractivity contribution in [3.63, 3.8) is 0 Å². The second-order valence-corrected chi connectivity index (χ2v) is 3.78. The van der Waals surface area contributed by atoms with Crippen LogP contribution in [-0.4, -0.2) is 39.1 Å². The van der Waals surface area contributed by atoms with Crippen molar-refractivity contribution >= 4 is 17.7 Å². The van der Waals surface area contributed by atoms with E-state index in [1.54, 1.807) is 11.8 Å². The normalized spacial score (nSPS) is 12.4. The van der Waals surface area contributed by atoms with E-state index >= 15 is 0 Å². The fraction of sp³-hybridized carbons (Fsp3) is 0.625. The topological polar surface area (TPSA) is 70.7 Å². The van der Waals surface area contributed by atoms with E-state index in [0.29, 0.717) is 0 Å². The number of thioether (sulfide) groups is 1. The summed E-state index contributed by atoms with van der Waals surface area (Å²) < 4.78 is 0. The number of aromatic nitrogens is 3. The number of H-pyrrole nitrogens is 1. The highest BCUT2D eigenvalue weighted by Crippen LogP contribution is 2.01. The summed E-state index contributed by atoms with van der Waals surface area (Å²) in [6.45, 7) is 2.04. The second kappa shape index (κ2) is 5.64. The van der Waals surface area contributed by atoms with Crippen LogP contribution in [-0.2, 0) is 0 Å². The van der Waals surface area contributed by atoms with Gasteiger partial charge in [-0.05, 0) is 12.7 Å². The zero-order valence-electron chi connectivity index (χ0n) is 8.28. The van der Waals surface area contributed by atoms with Crippen molar-refractivity contribution in [3.05, 3.63) is 12.2 Å². The van der Waals surface area contributed by atoms with E-state index in [9.17, 15) is 4.79 Å². The van der Waals surface area contributed by atoms with E-state index in [1.165, 1.54) is 6.33 Å². The summed E-state index contributed by atoms with van der Waals surface area (Å²) >= 11 is 1.71. The largest absolute Gasteiger partial charge is 0.346 e. The van der Waals surface area contributed by atoms with Gasteiger partial charge < -0.3 is 5.32 Å². The number of amides is 1. The average Bonchev–Trinajstić information content (AvgIpc) is 2.69. The van der Waals surface area contributed by atoms with Crippen LogP contribution in [0, 0.1) is 0 Å². The second-order valence-electron chi connectivity index (χ2n) is 2.87. The van der Waals surface area contributed by atoms with E-state index in [0.717, 1.165) is 12.2 Å². The summed E-state index contributed by atoms with van der Waals surface area (Å²) in [5.41, 5.74) is 0. The van der Waals surface area contributed by atoms with Crippen molar-refractivity contribution in [2.24, 2.45) is 0 Å². The van der Waals surface area contributed by atoms with Crippen LogP contribution < -0.4 is 5.32 Å². The molecule has 1 heterocycles. The Morgan fingerprint density at radius 1 is 1.79 bits per heavy atom. The molecule has 0 fully saturated rings. The Kier molecular flexibility index (Phi) is 4.45. The van der Waals surface area contributed by atoms with E-state index in [2.05, 4.69) is 20.5 Å². The van der Waals surface area contributed by atoms with Gasteiger partial charge in [0.05, 0.1) is 0 Å². The maximum absolute atomic E-state index is 11.5. The number of rotatable bonds is 5. The molecule has 0 saturated carbocycles. The summed E-state index contributed by atoms with van der Waals surface area (Å²) in [5.74, 6) is 0.990. The number of carbonyl (C=O) groups excluding carboxylic acids is 1. The Hall–Kier alpha value is -1.04. The fourth-order valence-electron chi connectivity index (χ4n) is 1.03. The highest BCUT2D eigenvalue weighted by Gasteiger charge is 2.13. The van der Waals surface area contributed by atoms with E-state index in [-0.39, 0.29) is 17.8 Å². The molecule has 0 spiro atoms. The quantitative estimate of drug-likeness (QED) is 0.756. The predicted octanol–water partition coefficient (Wildman–Crippen LogP) is 0.676. The van der Waals surface area contributed by atoms with Crippen LogP contribution in [0.25, 0.3) is 0 Å². The van der Waals surface area contributed by atoms with E-state index in [4.69, 9.17) is 0 Å². The minimum absolute atomic E-state index is 0.191. The first-order valence-electron chi connectivity index (χ1n) is 4.43. The highest BCUT2D eigenvalue weighted by molar-refractivity contribution is 7.98. The average molecular weight is 214 g/mol. The maximum atomic E-state index is 11.5. The molecule has 78 valence electrons. The number of nitrogens with one attached hydrogen (secondary N) is 2. The fourth-order valence-corrected chi connectivity index (χ4v) is 1.75. The summed E-state index contributed by atoms with van der Waals surface area (Å²) in [6, 6.07) is 0.197. The van der Waals surface area contributed by atoms with Crippen LogP contribution in [0.5, 0.6) is 0 Å². The van der Waals surface area contributed by atoms with Gasteiger partial charge in [0.1, 0.15) is 6.33 Å². The molecular formula is C8H14N4OS. The first kappa shape index (κ1) is 11.0. The van der Waals surface area contributed by atoms with Gasteiger partial charge in [-0.25, -0.2) is 4.98 Å². The molecule has 1 aromatic heterocycles. The van der Waals surface area contributed by atoms with Gasteiger partial charge in [-0.15, -0.1) is 0 Å². The molecule has 0 aromatic carbocycles. The van der Waals surface area contributed by atoms with Gasteiger partial charge in [0, 0.05) is 11.8 Å². The third kappa shape index (κ3) is 3.02. The third-order valence-electron chi connectivity index (χ3n) is 1.83. The number of hydrogen-bond donors (Lipinski definition) is 2. The van der Waals surface area contributed by atoms with Gasteiger partial charge in [-0.1, -0.05) is 6.92 Å². The zero-order valence-corrected chi connectivity index (χ0v) is 9.10. The minimum Gasteiger partial charge on any atom is -0.346 e. The smallest absolute Gasteiger partial charge is 0.288 e. The first-order valence-corrected chi connectivity index (χ1v) is 5.82. The van der Waals surface area contributed by atoms with E-state index < -0.39 is 0 Å². The monoisotopic (exact) mass is 214 g/mol. The van der Waals surface area contributed by atoms with Crippen molar-refractivity contribution in [2.45, 2.75) is 19.4 Å². The van der Waals surface area contributed by atoms with Crippen molar-refractivity contribution in [1.29, 1.82) is 0 Å². The van der Waals surface area contributed by atoms with E-state index in [1.807, 2.05) is 13.2 Å². The lowest BCUT2D eigenvalue weighted by atomic mass is 10.2. The van der Waals surface area contributed by atoms with Gasteiger partial charge in [0.25, 0.3) is 5.91 Å². The molecule has 0 aliphatic carbocycles. The highest BCUT2D eigenvalue weighted by atomic mass is 32.2. The van der Waals surface area contributed by atoms with Gasteiger partial charge in [0.15, 0.2) is 0 Å². The lowest BCUT2D eigenvalue weighted by Crippen LogP contribution is -2.36. The molecule has 1 unspecified atom stereocenters. The molecule has 0 saturated heterocycles. The van der Waals surface area contributed by atoms with Crippen LogP contribution in [0.1, 0.15) is 24.0 Å². The molecule has 0 bridgehead atoms. The molecule has 2 N–H and O–H groups in total. The van der Waals surface area contributed by atoms with Crippen LogP contribution >= 0.6 is 11.8 Å². The van der Waals surface area contributed by atoms with Crippen molar-refractivity contribution in [2.75, 3.05) is 12.0 Å². The number of carbonyl (C=O) groups is 1. The molecule has 1 atom stereocenters. The Labute approximate surface area is 87.1 Å². The van der Waals surface area contributed by atoms with Crippen molar-refractivity contribution in [1.82, 2.24) is 20.5 Å². The number of nitrogens with zero attached hydrogens (tertiary/aromatic N) is 2. The van der Waals surface area contributed by atoms with Crippen molar-refractivity contribution in [3.8, 4) is 0 Å². The lowest BCUT2D eigenvalue weighted by Gasteiger charge is -2.14. The molecule has 1 aromatic rings. The molecule has 0 aliphatic heterocycles. The standard InChI is InChI=1S/C8H14N4OS/c1-3-6(4-14-2)11-8(13)7-9-5-10-12-7/h5-6H,3-4H2,1-2H3,(H,11,13)(H,9,10,12). The van der Waals surface area contributed by atoms with Crippen LogP contribution in [0.15, 0.2) is 6.33 Å². The van der Waals surface area contributed by atoms with Gasteiger partial charge >= 0.3 is 0 Å². The minimum atomic E-state index is -0.191. The molecule has 5 nitrogen and oxygen atoms in total.